The summed E-state index contributed by atoms with van der Waals surface area (Å²) >= 11 is 0. The molecule has 0 radical (unpaired) electrons. The summed E-state index contributed by atoms with van der Waals surface area (Å²) < 4.78 is 0. The summed E-state index contributed by atoms with van der Waals surface area (Å²) in [6.45, 7) is 13.5. The molecule has 0 saturated carbocycles. The van der Waals surface area contributed by atoms with E-state index >= 15 is 0 Å². The fraction of sp³-hybridized carbons (Fsp3) is 0.905. The molecule has 164 valence electrons. The third-order valence-corrected chi connectivity index (χ3v) is 5.73. The van der Waals surface area contributed by atoms with Crippen molar-refractivity contribution in [2.24, 2.45) is 10.9 Å². The second-order valence-electron chi connectivity index (χ2n) is 8.25. The molecule has 1 atom stereocenters. The van der Waals surface area contributed by atoms with Gasteiger partial charge in [-0.3, -0.25) is 14.7 Å². The number of carbonyl (C=O) groups excluding carboxylic acids is 1. The van der Waals surface area contributed by atoms with Crippen LogP contribution in [-0.2, 0) is 4.79 Å². The SMILES string of the molecule is CCNC(=NCC(C(C)C)N1CCCCCC1)NCCCN1CCCC1=O.I. The van der Waals surface area contributed by atoms with Gasteiger partial charge in [-0.2, -0.15) is 0 Å². The van der Waals surface area contributed by atoms with Crippen LogP contribution in [-0.4, -0.2) is 73.5 Å². The van der Waals surface area contributed by atoms with Crippen LogP contribution in [0.2, 0.25) is 0 Å². The lowest BCUT2D eigenvalue weighted by Crippen LogP contribution is -2.44. The zero-order valence-corrected chi connectivity index (χ0v) is 20.5. The Labute approximate surface area is 189 Å². The first-order chi connectivity index (χ1) is 13.1. The highest BCUT2D eigenvalue weighted by molar-refractivity contribution is 14.0. The van der Waals surface area contributed by atoms with E-state index in [1.54, 1.807) is 0 Å². The monoisotopic (exact) mass is 507 g/mol. The summed E-state index contributed by atoms with van der Waals surface area (Å²) in [5, 5.41) is 6.82. The number of halogens is 1. The Balaban J connectivity index is 0.00000392. The van der Waals surface area contributed by atoms with E-state index in [1.165, 1.54) is 38.8 Å². The number of likely N-dealkylation sites (tertiary alicyclic amines) is 2. The summed E-state index contributed by atoms with van der Waals surface area (Å²) in [4.78, 5) is 21.2. The molecule has 0 aromatic carbocycles. The Hall–Kier alpha value is -0.570. The predicted molar refractivity (Wildman–Crippen MR) is 128 cm³/mol. The van der Waals surface area contributed by atoms with Gasteiger partial charge in [-0.25, -0.2) is 0 Å². The Morgan fingerprint density at radius 1 is 1.07 bits per heavy atom. The van der Waals surface area contributed by atoms with Crippen LogP contribution in [0, 0.1) is 5.92 Å². The van der Waals surface area contributed by atoms with E-state index in [4.69, 9.17) is 4.99 Å². The number of carbonyl (C=O) groups is 1. The number of rotatable bonds is 9. The summed E-state index contributed by atoms with van der Waals surface area (Å²) in [5.41, 5.74) is 0. The smallest absolute Gasteiger partial charge is 0.222 e. The van der Waals surface area contributed by atoms with Crippen molar-refractivity contribution < 1.29 is 4.79 Å². The molecule has 1 amide bonds. The van der Waals surface area contributed by atoms with E-state index in [2.05, 4.69) is 36.3 Å². The Bertz CT molecular complexity index is 464. The lowest BCUT2D eigenvalue weighted by atomic mass is 10.0. The topological polar surface area (TPSA) is 60.0 Å². The number of nitrogens with zero attached hydrogens (tertiary/aromatic N) is 3. The minimum absolute atomic E-state index is 0. The molecule has 28 heavy (non-hydrogen) atoms. The van der Waals surface area contributed by atoms with Gasteiger partial charge in [0.15, 0.2) is 5.96 Å². The number of nitrogens with one attached hydrogen (secondary N) is 2. The van der Waals surface area contributed by atoms with Crippen molar-refractivity contribution in [2.45, 2.75) is 71.8 Å². The molecular weight excluding hydrogens is 465 g/mol. The molecule has 6 nitrogen and oxygen atoms in total. The van der Waals surface area contributed by atoms with Gasteiger partial charge in [0.2, 0.25) is 5.91 Å². The first-order valence-electron chi connectivity index (χ1n) is 11.2. The van der Waals surface area contributed by atoms with Crippen LogP contribution in [0.3, 0.4) is 0 Å². The van der Waals surface area contributed by atoms with Gasteiger partial charge < -0.3 is 15.5 Å². The van der Waals surface area contributed by atoms with Crippen molar-refractivity contribution in [1.29, 1.82) is 0 Å². The summed E-state index contributed by atoms with van der Waals surface area (Å²) in [6.07, 6.45) is 8.09. The quantitative estimate of drug-likeness (QED) is 0.218. The third kappa shape index (κ3) is 8.84. The highest BCUT2D eigenvalue weighted by Crippen LogP contribution is 2.17. The maximum Gasteiger partial charge on any atom is 0.222 e. The van der Waals surface area contributed by atoms with Gasteiger partial charge in [0, 0.05) is 38.6 Å². The lowest BCUT2D eigenvalue weighted by molar-refractivity contribution is -0.127. The first kappa shape index (κ1) is 25.5. The highest BCUT2D eigenvalue weighted by Gasteiger charge is 2.22. The van der Waals surface area contributed by atoms with Crippen LogP contribution in [0.1, 0.15) is 65.7 Å². The predicted octanol–water partition coefficient (Wildman–Crippen LogP) is 3.07. The van der Waals surface area contributed by atoms with E-state index in [1.807, 2.05) is 4.90 Å². The largest absolute Gasteiger partial charge is 0.357 e. The van der Waals surface area contributed by atoms with E-state index < -0.39 is 0 Å². The van der Waals surface area contributed by atoms with Gasteiger partial charge in [-0.15, -0.1) is 24.0 Å². The molecule has 0 bridgehead atoms. The Morgan fingerprint density at radius 3 is 2.36 bits per heavy atom. The van der Waals surface area contributed by atoms with Gasteiger partial charge in [0.05, 0.1) is 6.54 Å². The molecule has 1 unspecified atom stereocenters. The average molecular weight is 508 g/mol. The van der Waals surface area contributed by atoms with E-state index in [-0.39, 0.29) is 24.0 Å². The van der Waals surface area contributed by atoms with Gasteiger partial charge in [0.25, 0.3) is 0 Å². The molecule has 2 fully saturated rings. The summed E-state index contributed by atoms with van der Waals surface area (Å²) in [6, 6.07) is 0.515. The van der Waals surface area contributed by atoms with E-state index in [0.29, 0.717) is 17.9 Å². The van der Waals surface area contributed by atoms with Crippen molar-refractivity contribution >= 4 is 35.8 Å². The van der Waals surface area contributed by atoms with E-state index in [0.717, 1.165) is 57.9 Å². The van der Waals surface area contributed by atoms with Crippen LogP contribution in [0.5, 0.6) is 0 Å². The third-order valence-electron chi connectivity index (χ3n) is 5.73. The lowest BCUT2D eigenvalue weighted by Gasteiger charge is -2.32. The number of hydrogen-bond donors (Lipinski definition) is 2. The number of guanidine groups is 1. The molecule has 2 rings (SSSR count). The Kier molecular flexibility index (Phi) is 13.1. The highest BCUT2D eigenvalue weighted by atomic mass is 127. The molecule has 2 aliphatic rings. The number of aliphatic imine (C=N–C) groups is 1. The fourth-order valence-electron chi connectivity index (χ4n) is 4.12. The molecule has 0 aromatic heterocycles. The van der Waals surface area contributed by atoms with Crippen molar-refractivity contribution in [3.05, 3.63) is 0 Å². The summed E-state index contributed by atoms with van der Waals surface area (Å²) in [5.74, 6) is 1.83. The van der Waals surface area contributed by atoms with E-state index in [9.17, 15) is 4.79 Å². The number of amides is 1. The molecule has 0 aromatic rings. The van der Waals surface area contributed by atoms with Crippen molar-refractivity contribution in [2.75, 3.05) is 45.8 Å². The fourth-order valence-corrected chi connectivity index (χ4v) is 4.12. The van der Waals surface area contributed by atoms with Crippen molar-refractivity contribution in [3.63, 3.8) is 0 Å². The van der Waals surface area contributed by atoms with Gasteiger partial charge in [-0.1, -0.05) is 26.7 Å². The molecule has 2 heterocycles. The first-order valence-corrected chi connectivity index (χ1v) is 11.2. The molecule has 2 saturated heterocycles. The molecular formula is C21H42IN5O. The van der Waals surface area contributed by atoms with Crippen LogP contribution < -0.4 is 10.6 Å². The molecule has 7 heteroatoms. The molecule has 0 spiro atoms. The average Bonchev–Trinajstić information content (AvgIpc) is 2.88. The van der Waals surface area contributed by atoms with Crippen LogP contribution in [0.4, 0.5) is 0 Å². The molecule has 2 aliphatic heterocycles. The molecule has 2 N–H and O–H groups in total. The maximum absolute atomic E-state index is 11.7. The van der Waals surface area contributed by atoms with Crippen molar-refractivity contribution in [3.8, 4) is 0 Å². The van der Waals surface area contributed by atoms with Crippen LogP contribution >= 0.6 is 24.0 Å². The maximum atomic E-state index is 11.7. The standard InChI is InChI=1S/C21H41N5O.HI/c1-4-22-21(23-12-10-16-26-15-9-11-20(26)27)24-17-19(18(2)3)25-13-7-5-6-8-14-25;/h18-19H,4-17H2,1-3H3,(H2,22,23,24);1H. The van der Waals surface area contributed by atoms with Gasteiger partial charge in [0.1, 0.15) is 0 Å². The second kappa shape index (κ2) is 14.4. The van der Waals surface area contributed by atoms with Gasteiger partial charge >= 0.3 is 0 Å². The Morgan fingerprint density at radius 2 is 1.79 bits per heavy atom. The molecule has 0 aliphatic carbocycles. The zero-order valence-electron chi connectivity index (χ0n) is 18.2. The minimum atomic E-state index is 0. The second-order valence-corrected chi connectivity index (χ2v) is 8.25. The zero-order chi connectivity index (χ0) is 19.5. The van der Waals surface area contributed by atoms with Crippen LogP contribution in [0.15, 0.2) is 4.99 Å². The minimum Gasteiger partial charge on any atom is -0.357 e. The van der Waals surface area contributed by atoms with Gasteiger partial charge in [-0.05, 0) is 51.6 Å². The number of hydrogen-bond acceptors (Lipinski definition) is 3. The van der Waals surface area contributed by atoms with Crippen molar-refractivity contribution in [1.82, 2.24) is 20.4 Å². The summed E-state index contributed by atoms with van der Waals surface area (Å²) in [7, 11) is 0. The van der Waals surface area contributed by atoms with Crippen LogP contribution in [0.25, 0.3) is 0 Å². The normalized spacial score (nSPS) is 20.1.